The molecule has 0 saturated carbocycles. The van der Waals surface area contributed by atoms with E-state index in [9.17, 15) is 9.59 Å². The van der Waals surface area contributed by atoms with Crippen molar-refractivity contribution in [2.75, 3.05) is 12.9 Å². The van der Waals surface area contributed by atoms with Crippen LogP contribution < -0.4 is 5.56 Å². The van der Waals surface area contributed by atoms with E-state index in [1.807, 2.05) is 25.1 Å². The molecular formula is C19H26N2O3S. The number of methoxy groups -OCH3 is 1. The second kappa shape index (κ2) is 9.04. The number of para-hydroxylation sites is 1. The number of ether oxygens (including phenoxy) is 1. The van der Waals surface area contributed by atoms with Gasteiger partial charge in [-0.15, -0.1) is 0 Å². The number of esters is 1. The van der Waals surface area contributed by atoms with Crippen molar-refractivity contribution in [1.82, 2.24) is 9.55 Å². The van der Waals surface area contributed by atoms with Crippen LogP contribution in [0.4, 0.5) is 0 Å². The van der Waals surface area contributed by atoms with E-state index in [1.54, 1.807) is 10.6 Å². The lowest BCUT2D eigenvalue weighted by Gasteiger charge is -2.19. The summed E-state index contributed by atoms with van der Waals surface area (Å²) in [5, 5.41) is 1.19. The Morgan fingerprint density at radius 2 is 1.96 bits per heavy atom. The van der Waals surface area contributed by atoms with Crippen LogP contribution in [0.3, 0.4) is 0 Å². The summed E-state index contributed by atoms with van der Waals surface area (Å²) >= 11 is 1.25. The Morgan fingerprint density at radius 3 is 2.64 bits per heavy atom. The number of hydrogen-bond donors (Lipinski definition) is 0. The molecule has 0 bridgehead atoms. The van der Waals surface area contributed by atoms with Gasteiger partial charge in [0.1, 0.15) is 0 Å². The monoisotopic (exact) mass is 362 g/mol. The zero-order valence-electron chi connectivity index (χ0n) is 15.3. The summed E-state index contributed by atoms with van der Waals surface area (Å²) in [6.07, 6.45) is 3.09. The van der Waals surface area contributed by atoms with Crippen molar-refractivity contribution < 1.29 is 9.53 Å². The van der Waals surface area contributed by atoms with Gasteiger partial charge in [0.15, 0.2) is 5.16 Å². The first-order valence-corrected chi connectivity index (χ1v) is 9.63. The third-order valence-electron chi connectivity index (χ3n) is 4.17. The van der Waals surface area contributed by atoms with E-state index in [2.05, 4.69) is 18.8 Å². The van der Waals surface area contributed by atoms with Crippen molar-refractivity contribution >= 4 is 28.6 Å². The van der Waals surface area contributed by atoms with Gasteiger partial charge in [0.2, 0.25) is 0 Å². The highest BCUT2D eigenvalue weighted by Crippen LogP contribution is 2.24. The van der Waals surface area contributed by atoms with Crippen molar-refractivity contribution in [3.05, 3.63) is 34.6 Å². The first kappa shape index (κ1) is 19.5. The van der Waals surface area contributed by atoms with E-state index in [1.165, 1.54) is 18.9 Å². The van der Waals surface area contributed by atoms with Crippen LogP contribution in [0, 0.1) is 5.92 Å². The number of rotatable bonds is 8. The summed E-state index contributed by atoms with van der Waals surface area (Å²) in [7, 11) is 1.36. The number of nitrogens with zero attached hydrogens (tertiary/aromatic N) is 2. The molecule has 0 aliphatic carbocycles. The van der Waals surface area contributed by atoms with Crippen molar-refractivity contribution in [2.24, 2.45) is 5.92 Å². The predicted molar refractivity (Wildman–Crippen MR) is 102 cm³/mol. The van der Waals surface area contributed by atoms with Gasteiger partial charge in [-0.25, -0.2) is 4.98 Å². The largest absolute Gasteiger partial charge is 0.468 e. The molecule has 0 fully saturated rings. The van der Waals surface area contributed by atoms with E-state index >= 15 is 0 Å². The molecule has 25 heavy (non-hydrogen) atoms. The second-order valence-corrected chi connectivity index (χ2v) is 7.57. The van der Waals surface area contributed by atoms with Crippen LogP contribution in [0.1, 0.15) is 46.1 Å². The number of carbonyl (C=O) groups is 1. The molecule has 0 N–H and O–H groups in total. The third-order valence-corrected chi connectivity index (χ3v) is 5.09. The Bertz CT molecular complexity index is 786. The van der Waals surface area contributed by atoms with Crippen LogP contribution in [0.25, 0.3) is 10.9 Å². The van der Waals surface area contributed by atoms with Gasteiger partial charge >= 0.3 is 5.97 Å². The quantitative estimate of drug-likeness (QED) is 0.403. The molecule has 2 rings (SSSR count). The zero-order valence-corrected chi connectivity index (χ0v) is 16.1. The number of aromatic nitrogens is 2. The number of carbonyl (C=O) groups excluding carboxylic acids is 1. The van der Waals surface area contributed by atoms with Crippen molar-refractivity contribution in [3.63, 3.8) is 0 Å². The molecule has 5 nitrogen and oxygen atoms in total. The fourth-order valence-electron chi connectivity index (χ4n) is 2.75. The van der Waals surface area contributed by atoms with E-state index < -0.39 is 0 Å². The molecular weight excluding hydrogens is 336 g/mol. The van der Waals surface area contributed by atoms with Crippen LogP contribution in [0.2, 0.25) is 0 Å². The van der Waals surface area contributed by atoms with Crippen LogP contribution in [-0.2, 0) is 9.53 Å². The maximum Gasteiger partial charge on any atom is 0.316 e. The Hall–Kier alpha value is -1.82. The Balaban J connectivity index is 2.37. The van der Waals surface area contributed by atoms with Gasteiger partial charge in [0.25, 0.3) is 5.56 Å². The molecule has 0 spiro atoms. The SMILES string of the molecule is COC(=O)CSc1nc2ccccc2c(=O)n1C(C)CCCC(C)C. The summed E-state index contributed by atoms with van der Waals surface area (Å²) in [5.41, 5.74) is 0.612. The minimum Gasteiger partial charge on any atom is -0.468 e. The molecule has 1 heterocycles. The molecule has 1 unspecified atom stereocenters. The topological polar surface area (TPSA) is 61.2 Å². The van der Waals surface area contributed by atoms with E-state index in [0.29, 0.717) is 22.0 Å². The molecule has 136 valence electrons. The lowest BCUT2D eigenvalue weighted by molar-refractivity contribution is -0.137. The summed E-state index contributed by atoms with van der Waals surface area (Å²) < 4.78 is 6.44. The molecule has 0 radical (unpaired) electrons. The van der Waals surface area contributed by atoms with Gasteiger partial charge < -0.3 is 4.74 Å². The van der Waals surface area contributed by atoms with Crippen molar-refractivity contribution in [3.8, 4) is 0 Å². The smallest absolute Gasteiger partial charge is 0.316 e. The maximum absolute atomic E-state index is 13.0. The van der Waals surface area contributed by atoms with Crippen molar-refractivity contribution in [1.29, 1.82) is 0 Å². The highest BCUT2D eigenvalue weighted by molar-refractivity contribution is 7.99. The average molecular weight is 362 g/mol. The molecule has 6 heteroatoms. The average Bonchev–Trinajstić information content (AvgIpc) is 2.59. The number of benzene rings is 1. The maximum atomic E-state index is 13.0. The second-order valence-electron chi connectivity index (χ2n) is 6.63. The number of thioether (sulfide) groups is 1. The van der Waals surface area contributed by atoms with Crippen LogP contribution in [0.15, 0.2) is 34.2 Å². The summed E-state index contributed by atoms with van der Waals surface area (Å²) in [4.78, 5) is 29.1. The van der Waals surface area contributed by atoms with E-state index in [0.717, 1.165) is 19.3 Å². The van der Waals surface area contributed by atoms with Crippen LogP contribution in [0.5, 0.6) is 0 Å². The highest BCUT2D eigenvalue weighted by atomic mass is 32.2. The van der Waals surface area contributed by atoms with Gasteiger partial charge in [0, 0.05) is 6.04 Å². The normalized spacial score (nSPS) is 12.5. The minimum atomic E-state index is -0.327. The Kier molecular flexibility index (Phi) is 7.05. The fraction of sp³-hybridized carbons (Fsp3) is 0.526. The summed E-state index contributed by atoms with van der Waals surface area (Å²) in [6, 6.07) is 7.37. The molecule has 1 atom stereocenters. The molecule has 1 aromatic heterocycles. The molecule has 0 saturated heterocycles. The molecule has 0 aliphatic rings. The zero-order chi connectivity index (χ0) is 18.4. The fourth-order valence-corrected chi connectivity index (χ4v) is 3.68. The predicted octanol–water partition coefficient (Wildman–Crippen LogP) is 4.05. The minimum absolute atomic E-state index is 0.0310. The molecule has 0 amide bonds. The number of hydrogen-bond acceptors (Lipinski definition) is 5. The lowest BCUT2D eigenvalue weighted by atomic mass is 10.0. The first-order chi connectivity index (χ1) is 11.9. The van der Waals surface area contributed by atoms with Crippen LogP contribution >= 0.6 is 11.8 Å². The van der Waals surface area contributed by atoms with Gasteiger partial charge in [-0.1, -0.05) is 50.6 Å². The summed E-state index contributed by atoms with van der Waals surface area (Å²) in [6.45, 7) is 6.44. The Labute approximate surface area is 152 Å². The van der Waals surface area contributed by atoms with Gasteiger partial charge in [-0.3, -0.25) is 14.2 Å². The van der Waals surface area contributed by atoms with Crippen molar-refractivity contribution in [2.45, 2.75) is 51.2 Å². The molecule has 0 aliphatic heterocycles. The Morgan fingerprint density at radius 1 is 1.24 bits per heavy atom. The van der Waals surface area contributed by atoms with Gasteiger partial charge in [-0.05, 0) is 31.4 Å². The lowest BCUT2D eigenvalue weighted by Crippen LogP contribution is -2.26. The number of fused-ring (bicyclic) bond motifs is 1. The van der Waals surface area contributed by atoms with Gasteiger partial charge in [0.05, 0.1) is 23.8 Å². The standard InChI is InChI=1S/C19H26N2O3S/c1-13(2)8-7-9-14(3)21-18(23)15-10-5-6-11-16(15)20-19(21)25-12-17(22)24-4/h5-6,10-11,13-14H,7-9,12H2,1-4H3. The molecule has 2 aromatic rings. The van der Waals surface area contributed by atoms with Crippen LogP contribution in [-0.4, -0.2) is 28.4 Å². The van der Waals surface area contributed by atoms with Gasteiger partial charge in [-0.2, -0.15) is 0 Å². The molecule has 1 aromatic carbocycles. The third kappa shape index (κ3) is 5.08. The van der Waals surface area contributed by atoms with E-state index in [4.69, 9.17) is 4.74 Å². The highest BCUT2D eigenvalue weighted by Gasteiger charge is 2.17. The van der Waals surface area contributed by atoms with E-state index in [-0.39, 0.29) is 23.3 Å². The first-order valence-electron chi connectivity index (χ1n) is 8.65. The summed E-state index contributed by atoms with van der Waals surface area (Å²) in [5.74, 6) is 0.457.